The first-order valence-corrected chi connectivity index (χ1v) is 20.7. The van der Waals surface area contributed by atoms with Crippen molar-refractivity contribution < 1.29 is 0 Å². The third-order valence-electron chi connectivity index (χ3n) is 14.6. The number of benzene rings is 9. The molecular weight excluding hydrogens is 687 g/mol. The van der Waals surface area contributed by atoms with Crippen molar-refractivity contribution in [3.8, 4) is 44.5 Å². The lowest BCUT2D eigenvalue weighted by atomic mass is 9.51. The fourth-order valence-corrected chi connectivity index (χ4v) is 11.4. The number of rotatable bonds is 5. The minimum atomic E-state index is -0.0971. The second-order valence-corrected chi connectivity index (χ2v) is 17.7. The summed E-state index contributed by atoms with van der Waals surface area (Å²) in [6.45, 7) is 10.1. The second kappa shape index (κ2) is 12.4. The summed E-state index contributed by atoms with van der Waals surface area (Å²) in [6.07, 6.45) is 3.62. The van der Waals surface area contributed by atoms with Gasteiger partial charge in [-0.05, 0) is 144 Å². The minimum Gasteiger partial charge on any atom is -0.334 e. The molecule has 1 heterocycles. The molecule has 1 aliphatic heterocycles. The third kappa shape index (κ3) is 4.75. The lowest BCUT2D eigenvalue weighted by Gasteiger charge is -2.59. The summed E-state index contributed by atoms with van der Waals surface area (Å²) >= 11 is 0. The summed E-state index contributed by atoms with van der Waals surface area (Å²) < 4.78 is 0. The van der Waals surface area contributed by atoms with Crippen LogP contribution in [0.2, 0.25) is 0 Å². The molecule has 0 N–H and O–H groups in total. The SMILES string of the molecule is CC1(C)CCCC2(C)c3cc(-c4cc(-c5ccccc5)c5ccc6c(-c7ccccc7)cc(-c7ccccc7)c7ccc4c5c67)ccc3N(c3ccccc3)C12C. The maximum Gasteiger partial charge on any atom is 0.0568 e. The van der Waals surface area contributed by atoms with Gasteiger partial charge in [-0.1, -0.05) is 167 Å². The van der Waals surface area contributed by atoms with E-state index >= 15 is 0 Å². The van der Waals surface area contributed by atoms with Gasteiger partial charge in [0.05, 0.1) is 5.54 Å². The normalized spacial score (nSPS) is 20.0. The Morgan fingerprint density at radius 1 is 0.404 bits per heavy atom. The zero-order valence-electron chi connectivity index (χ0n) is 33.3. The Hall–Kier alpha value is -6.18. The average Bonchev–Trinajstić information content (AvgIpc) is 3.47. The summed E-state index contributed by atoms with van der Waals surface area (Å²) in [5, 5.41) is 7.89. The van der Waals surface area contributed by atoms with Crippen molar-refractivity contribution in [2.24, 2.45) is 5.41 Å². The molecule has 276 valence electrons. The maximum absolute atomic E-state index is 2.71. The predicted octanol–water partition coefficient (Wildman–Crippen LogP) is 15.6. The zero-order valence-corrected chi connectivity index (χ0v) is 33.3. The Bertz CT molecular complexity index is 2910. The smallest absolute Gasteiger partial charge is 0.0568 e. The van der Waals surface area contributed by atoms with Gasteiger partial charge in [-0.3, -0.25) is 0 Å². The molecule has 1 saturated carbocycles. The van der Waals surface area contributed by atoms with Crippen LogP contribution in [0.1, 0.15) is 52.5 Å². The summed E-state index contributed by atoms with van der Waals surface area (Å²) in [5.41, 5.74) is 14.2. The van der Waals surface area contributed by atoms with E-state index in [-0.39, 0.29) is 16.4 Å². The highest BCUT2D eigenvalue weighted by Gasteiger charge is 2.64. The van der Waals surface area contributed by atoms with Crippen molar-refractivity contribution >= 4 is 43.7 Å². The average molecular weight is 734 g/mol. The topological polar surface area (TPSA) is 3.24 Å². The van der Waals surface area contributed by atoms with Crippen LogP contribution in [0.3, 0.4) is 0 Å². The molecule has 1 fully saturated rings. The molecule has 9 aromatic carbocycles. The molecule has 1 aliphatic carbocycles. The molecule has 2 unspecified atom stereocenters. The largest absolute Gasteiger partial charge is 0.334 e. The van der Waals surface area contributed by atoms with Crippen LogP contribution >= 0.6 is 0 Å². The first-order valence-electron chi connectivity index (χ1n) is 20.7. The fraction of sp³-hybridized carbons (Fsp3) is 0.179. The fourth-order valence-electron chi connectivity index (χ4n) is 11.4. The predicted molar refractivity (Wildman–Crippen MR) is 244 cm³/mol. The highest BCUT2D eigenvalue weighted by Crippen LogP contribution is 2.66. The number of para-hydroxylation sites is 1. The van der Waals surface area contributed by atoms with Crippen LogP contribution in [0.25, 0.3) is 76.8 Å². The molecule has 9 aromatic rings. The van der Waals surface area contributed by atoms with Crippen LogP contribution in [-0.2, 0) is 5.41 Å². The molecule has 1 nitrogen and oxygen atoms in total. The molecule has 0 saturated heterocycles. The van der Waals surface area contributed by atoms with Crippen molar-refractivity contribution in [2.45, 2.75) is 57.9 Å². The number of nitrogens with zero attached hydrogens (tertiary/aromatic N) is 1. The molecule has 0 aromatic heterocycles. The van der Waals surface area contributed by atoms with E-state index in [1.54, 1.807) is 0 Å². The lowest BCUT2D eigenvalue weighted by Crippen LogP contribution is -2.64. The van der Waals surface area contributed by atoms with Crippen LogP contribution in [0.4, 0.5) is 11.4 Å². The van der Waals surface area contributed by atoms with Gasteiger partial charge in [0.25, 0.3) is 0 Å². The highest BCUT2D eigenvalue weighted by molar-refractivity contribution is 6.32. The van der Waals surface area contributed by atoms with Gasteiger partial charge in [0.1, 0.15) is 0 Å². The summed E-state index contributed by atoms with van der Waals surface area (Å²) in [4.78, 5) is 2.71. The molecule has 11 rings (SSSR count). The van der Waals surface area contributed by atoms with E-state index < -0.39 is 0 Å². The molecule has 57 heavy (non-hydrogen) atoms. The van der Waals surface area contributed by atoms with Gasteiger partial charge in [-0.25, -0.2) is 0 Å². The van der Waals surface area contributed by atoms with E-state index in [1.165, 1.54) is 113 Å². The number of fused-ring (bicyclic) bond motifs is 3. The van der Waals surface area contributed by atoms with E-state index in [0.717, 1.165) is 0 Å². The minimum absolute atomic E-state index is 0.0306. The van der Waals surface area contributed by atoms with E-state index in [4.69, 9.17) is 0 Å². The van der Waals surface area contributed by atoms with E-state index in [1.807, 2.05) is 0 Å². The number of anilines is 2. The molecule has 0 bridgehead atoms. The van der Waals surface area contributed by atoms with Gasteiger partial charge in [0, 0.05) is 16.8 Å². The monoisotopic (exact) mass is 733 g/mol. The van der Waals surface area contributed by atoms with Crippen LogP contribution in [0.5, 0.6) is 0 Å². The van der Waals surface area contributed by atoms with E-state index in [9.17, 15) is 0 Å². The Morgan fingerprint density at radius 2 is 0.825 bits per heavy atom. The standard InChI is InChI=1S/C56H47N/c1-54(2)32-17-33-55(3)50-34-40(26-31-51(50)57(56(54,55)4)41-24-15-8-16-25-41)49-36-48(39-22-13-7-14-23-39)44-28-27-42-46(37-18-9-5-10-19-37)35-47(38-20-11-6-12-21-38)43-29-30-45(49)53(44)52(42)43/h5-16,18-31,34-36H,17,32-33H2,1-4H3. The van der Waals surface area contributed by atoms with Crippen LogP contribution in [0, 0.1) is 5.41 Å². The Balaban J connectivity index is 1.24. The van der Waals surface area contributed by atoms with Gasteiger partial charge < -0.3 is 4.90 Å². The first-order chi connectivity index (χ1) is 27.8. The highest BCUT2D eigenvalue weighted by atomic mass is 15.3. The zero-order chi connectivity index (χ0) is 38.5. The van der Waals surface area contributed by atoms with Crippen molar-refractivity contribution in [1.82, 2.24) is 0 Å². The van der Waals surface area contributed by atoms with E-state index in [0.29, 0.717) is 0 Å². The van der Waals surface area contributed by atoms with Crippen LogP contribution in [-0.4, -0.2) is 5.54 Å². The second-order valence-electron chi connectivity index (χ2n) is 17.7. The third-order valence-corrected chi connectivity index (χ3v) is 14.6. The van der Waals surface area contributed by atoms with Gasteiger partial charge in [0.2, 0.25) is 0 Å². The van der Waals surface area contributed by atoms with Gasteiger partial charge >= 0.3 is 0 Å². The Morgan fingerprint density at radius 3 is 1.28 bits per heavy atom. The number of hydrogen-bond acceptors (Lipinski definition) is 1. The summed E-state index contributed by atoms with van der Waals surface area (Å²) in [5.74, 6) is 0. The Labute approximate surface area is 336 Å². The van der Waals surface area contributed by atoms with Crippen molar-refractivity contribution in [3.05, 3.63) is 181 Å². The summed E-state index contributed by atoms with van der Waals surface area (Å²) in [7, 11) is 0. The van der Waals surface area contributed by atoms with Gasteiger partial charge in [0.15, 0.2) is 0 Å². The molecule has 1 heteroatoms. The number of hydrogen-bond donors (Lipinski definition) is 0. The molecule has 0 spiro atoms. The molecule has 0 amide bonds. The van der Waals surface area contributed by atoms with E-state index in [2.05, 4.69) is 209 Å². The summed E-state index contributed by atoms with van der Waals surface area (Å²) in [6, 6.07) is 66.0. The maximum atomic E-state index is 2.71. The van der Waals surface area contributed by atoms with Crippen LogP contribution in [0.15, 0.2) is 176 Å². The molecular formula is C56H47N. The van der Waals surface area contributed by atoms with Gasteiger partial charge in [-0.2, -0.15) is 0 Å². The van der Waals surface area contributed by atoms with Gasteiger partial charge in [-0.15, -0.1) is 0 Å². The molecule has 2 aliphatic rings. The molecule has 0 radical (unpaired) electrons. The van der Waals surface area contributed by atoms with Crippen molar-refractivity contribution in [3.63, 3.8) is 0 Å². The quantitative estimate of drug-likeness (QED) is 0.159. The lowest BCUT2D eigenvalue weighted by molar-refractivity contribution is 0.0484. The Kier molecular flexibility index (Phi) is 7.42. The van der Waals surface area contributed by atoms with Crippen molar-refractivity contribution in [1.29, 1.82) is 0 Å². The first kappa shape index (κ1) is 34.1. The molecule has 2 atom stereocenters. The van der Waals surface area contributed by atoms with Crippen LogP contribution < -0.4 is 4.90 Å². The van der Waals surface area contributed by atoms with Crippen molar-refractivity contribution in [2.75, 3.05) is 4.90 Å².